The Labute approximate surface area is 198 Å². The zero-order valence-corrected chi connectivity index (χ0v) is 19.6. The summed E-state index contributed by atoms with van der Waals surface area (Å²) < 4.78 is 5.56. The third-order valence-corrected chi connectivity index (χ3v) is 7.09. The summed E-state index contributed by atoms with van der Waals surface area (Å²) in [4.78, 5) is 30.0. The van der Waals surface area contributed by atoms with Gasteiger partial charge in [-0.3, -0.25) is 4.79 Å². The van der Waals surface area contributed by atoms with Crippen molar-refractivity contribution in [3.8, 4) is 0 Å². The van der Waals surface area contributed by atoms with Gasteiger partial charge >= 0.3 is 6.03 Å². The SMILES string of the molecule is Cc1ccc(NC(=O)N2CCN(C(=O)C3(c4ccc(Cl)cc4)CCOCC3)CC2)cc1Cl. The summed E-state index contributed by atoms with van der Waals surface area (Å²) in [7, 11) is 0. The number of aryl methyl sites for hydroxylation is 1. The molecule has 0 atom stereocenters. The van der Waals surface area contributed by atoms with Gasteiger partial charge in [0.1, 0.15) is 0 Å². The standard InChI is InChI=1S/C24H27Cl2N3O3/c1-17-2-7-20(16-21(17)26)27-23(31)29-12-10-28(11-13-29)22(30)24(8-14-32-15-9-24)18-3-5-19(25)6-4-18/h2-7,16H,8-15H2,1H3,(H,27,31). The lowest BCUT2D eigenvalue weighted by atomic mass is 9.73. The second-order valence-electron chi connectivity index (χ2n) is 8.37. The van der Waals surface area contributed by atoms with Gasteiger partial charge < -0.3 is 19.9 Å². The molecular formula is C24H27Cl2N3O3. The third kappa shape index (κ3) is 4.72. The smallest absolute Gasteiger partial charge is 0.321 e. The number of rotatable bonds is 3. The van der Waals surface area contributed by atoms with Crippen LogP contribution >= 0.6 is 23.2 Å². The van der Waals surface area contributed by atoms with Crippen LogP contribution in [0.25, 0.3) is 0 Å². The first-order chi connectivity index (χ1) is 15.4. The number of halogens is 2. The molecular weight excluding hydrogens is 449 g/mol. The van der Waals surface area contributed by atoms with E-state index in [1.54, 1.807) is 11.0 Å². The molecule has 2 aromatic rings. The van der Waals surface area contributed by atoms with E-state index < -0.39 is 5.41 Å². The summed E-state index contributed by atoms with van der Waals surface area (Å²) in [5, 5.41) is 4.16. The molecule has 6 nitrogen and oxygen atoms in total. The number of piperazine rings is 1. The van der Waals surface area contributed by atoms with Crippen LogP contribution < -0.4 is 5.32 Å². The van der Waals surface area contributed by atoms with Gasteiger partial charge in [0, 0.05) is 55.1 Å². The minimum absolute atomic E-state index is 0.105. The van der Waals surface area contributed by atoms with Crippen LogP contribution in [0.3, 0.4) is 0 Å². The van der Waals surface area contributed by atoms with Gasteiger partial charge in [-0.2, -0.15) is 0 Å². The first-order valence-electron chi connectivity index (χ1n) is 10.8. The lowest BCUT2D eigenvalue weighted by Crippen LogP contribution is -2.57. The fraction of sp³-hybridized carbons (Fsp3) is 0.417. The monoisotopic (exact) mass is 475 g/mol. The van der Waals surface area contributed by atoms with E-state index in [9.17, 15) is 9.59 Å². The second-order valence-corrected chi connectivity index (χ2v) is 9.22. The van der Waals surface area contributed by atoms with E-state index >= 15 is 0 Å². The molecule has 1 N–H and O–H groups in total. The highest BCUT2D eigenvalue weighted by Gasteiger charge is 2.44. The number of nitrogens with zero attached hydrogens (tertiary/aromatic N) is 2. The molecule has 0 saturated carbocycles. The summed E-state index contributed by atoms with van der Waals surface area (Å²) in [6, 6.07) is 12.8. The molecule has 170 valence electrons. The van der Waals surface area contributed by atoms with Crippen molar-refractivity contribution in [1.29, 1.82) is 0 Å². The lowest BCUT2D eigenvalue weighted by molar-refractivity contribution is -0.142. The Morgan fingerprint density at radius 2 is 1.56 bits per heavy atom. The van der Waals surface area contributed by atoms with E-state index in [2.05, 4.69) is 5.32 Å². The number of hydrogen-bond acceptors (Lipinski definition) is 3. The van der Waals surface area contributed by atoms with Gasteiger partial charge in [0.2, 0.25) is 5.91 Å². The number of anilines is 1. The number of benzene rings is 2. The fourth-order valence-corrected chi connectivity index (χ4v) is 4.71. The van der Waals surface area contributed by atoms with Gasteiger partial charge in [-0.05, 0) is 55.2 Å². The fourth-order valence-electron chi connectivity index (χ4n) is 4.40. The Kier molecular flexibility index (Phi) is 6.93. The number of amides is 3. The van der Waals surface area contributed by atoms with E-state index in [0.29, 0.717) is 68.0 Å². The van der Waals surface area contributed by atoms with Crippen LogP contribution in [0.5, 0.6) is 0 Å². The minimum Gasteiger partial charge on any atom is -0.381 e. The van der Waals surface area contributed by atoms with Crippen LogP contribution in [0, 0.1) is 6.92 Å². The highest BCUT2D eigenvalue weighted by atomic mass is 35.5. The number of hydrogen-bond donors (Lipinski definition) is 1. The molecule has 2 heterocycles. The summed E-state index contributed by atoms with van der Waals surface area (Å²) in [6.45, 7) is 4.97. The summed E-state index contributed by atoms with van der Waals surface area (Å²) in [5.41, 5.74) is 1.99. The number of ether oxygens (including phenoxy) is 1. The molecule has 0 aliphatic carbocycles. The van der Waals surface area contributed by atoms with E-state index in [1.807, 2.05) is 48.2 Å². The maximum atomic E-state index is 13.7. The van der Waals surface area contributed by atoms with Crippen molar-refractivity contribution in [2.75, 3.05) is 44.7 Å². The summed E-state index contributed by atoms with van der Waals surface area (Å²) in [6.07, 6.45) is 1.28. The molecule has 2 saturated heterocycles. The van der Waals surface area contributed by atoms with Gasteiger partial charge in [0.15, 0.2) is 0 Å². The molecule has 2 aliphatic rings. The average molecular weight is 476 g/mol. The van der Waals surface area contributed by atoms with E-state index in [-0.39, 0.29) is 11.9 Å². The zero-order chi connectivity index (χ0) is 22.7. The van der Waals surface area contributed by atoms with Gasteiger partial charge in [0.25, 0.3) is 0 Å². The third-order valence-electron chi connectivity index (χ3n) is 6.43. The Balaban J connectivity index is 1.42. The van der Waals surface area contributed by atoms with Gasteiger partial charge in [-0.15, -0.1) is 0 Å². The number of carbonyl (C=O) groups is 2. The molecule has 32 heavy (non-hydrogen) atoms. The summed E-state index contributed by atoms with van der Waals surface area (Å²) in [5.74, 6) is 0.105. The van der Waals surface area contributed by atoms with Crippen molar-refractivity contribution in [2.45, 2.75) is 25.2 Å². The zero-order valence-electron chi connectivity index (χ0n) is 18.1. The molecule has 2 fully saturated rings. The van der Waals surface area contributed by atoms with Gasteiger partial charge in [-0.25, -0.2) is 4.79 Å². The van der Waals surface area contributed by atoms with Gasteiger partial charge in [0.05, 0.1) is 5.41 Å². The molecule has 0 aromatic heterocycles. The van der Waals surface area contributed by atoms with Crippen LogP contribution in [0.4, 0.5) is 10.5 Å². The highest BCUT2D eigenvalue weighted by molar-refractivity contribution is 6.31. The predicted molar refractivity (Wildman–Crippen MR) is 127 cm³/mol. The summed E-state index contributed by atoms with van der Waals surface area (Å²) >= 11 is 12.2. The quantitative estimate of drug-likeness (QED) is 0.697. The Morgan fingerprint density at radius 3 is 2.19 bits per heavy atom. The minimum atomic E-state index is -0.605. The Bertz CT molecular complexity index is 982. The maximum Gasteiger partial charge on any atom is 0.321 e. The number of carbonyl (C=O) groups excluding carboxylic acids is 2. The van der Waals surface area contributed by atoms with Crippen LogP contribution in [0.2, 0.25) is 10.0 Å². The molecule has 0 spiro atoms. The first kappa shape index (κ1) is 22.9. The number of nitrogens with one attached hydrogen (secondary N) is 1. The van der Waals surface area contributed by atoms with Crippen LogP contribution in [0.1, 0.15) is 24.0 Å². The molecule has 3 amide bonds. The topological polar surface area (TPSA) is 61.9 Å². The van der Waals surface area contributed by atoms with Crippen molar-refractivity contribution in [2.24, 2.45) is 0 Å². The van der Waals surface area contributed by atoms with Gasteiger partial charge in [-0.1, -0.05) is 41.4 Å². The molecule has 0 unspecified atom stereocenters. The second kappa shape index (κ2) is 9.69. The molecule has 2 aliphatic heterocycles. The lowest BCUT2D eigenvalue weighted by Gasteiger charge is -2.43. The molecule has 4 rings (SSSR count). The average Bonchev–Trinajstić information content (AvgIpc) is 2.82. The number of urea groups is 1. The largest absolute Gasteiger partial charge is 0.381 e. The molecule has 0 bridgehead atoms. The Morgan fingerprint density at radius 1 is 0.938 bits per heavy atom. The highest BCUT2D eigenvalue weighted by Crippen LogP contribution is 2.37. The van der Waals surface area contributed by atoms with Crippen molar-refractivity contribution in [1.82, 2.24) is 9.80 Å². The van der Waals surface area contributed by atoms with Crippen LogP contribution in [-0.4, -0.2) is 61.1 Å². The normalized spacial score (nSPS) is 18.3. The molecule has 2 aromatic carbocycles. The van der Waals surface area contributed by atoms with Crippen molar-refractivity contribution < 1.29 is 14.3 Å². The van der Waals surface area contributed by atoms with E-state index in [4.69, 9.17) is 27.9 Å². The van der Waals surface area contributed by atoms with Crippen LogP contribution in [-0.2, 0) is 14.9 Å². The van der Waals surface area contributed by atoms with Crippen molar-refractivity contribution in [3.05, 3.63) is 63.6 Å². The Hall–Kier alpha value is -2.28. The van der Waals surface area contributed by atoms with E-state index in [0.717, 1.165) is 11.1 Å². The van der Waals surface area contributed by atoms with Crippen molar-refractivity contribution in [3.63, 3.8) is 0 Å². The predicted octanol–water partition coefficient (Wildman–Crippen LogP) is 4.73. The molecule has 8 heteroatoms. The van der Waals surface area contributed by atoms with E-state index in [1.165, 1.54) is 0 Å². The van der Waals surface area contributed by atoms with Crippen LogP contribution in [0.15, 0.2) is 42.5 Å². The first-order valence-corrected chi connectivity index (χ1v) is 11.6. The maximum absolute atomic E-state index is 13.7. The van der Waals surface area contributed by atoms with Crippen molar-refractivity contribution >= 4 is 40.8 Å². The molecule has 0 radical (unpaired) electrons.